The van der Waals surface area contributed by atoms with Gasteiger partial charge in [0.05, 0.1) is 11.3 Å². The van der Waals surface area contributed by atoms with Crippen molar-refractivity contribution in [2.24, 2.45) is 0 Å². The van der Waals surface area contributed by atoms with Gasteiger partial charge in [0, 0.05) is 35.3 Å². The normalized spacial score (nSPS) is 12.3. The van der Waals surface area contributed by atoms with Gasteiger partial charge >= 0.3 is 0 Å². The van der Waals surface area contributed by atoms with Gasteiger partial charge in [-0.25, -0.2) is 4.98 Å². The zero-order valence-electron chi connectivity index (χ0n) is 12.8. The lowest BCUT2D eigenvalue weighted by molar-refractivity contribution is 0.245. The highest BCUT2D eigenvalue weighted by molar-refractivity contribution is 7.99. The van der Waals surface area contributed by atoms with Gasteiger partial charge in [-0.1, -0.05) is 59.2 Å². The maximum Gasteiger partial charge on any atom is 0.106 e. The highest BCUT2D eigenvalue weighted by Gasteiger charge is 2.09. The Bertz CT molecular complexity index is 849. The van der Waals surface area contributed by atoms with Gasteiger partial charge in [-0.2, -0.15) is 0 Å². The predicted molar refractivity (Wildman–Crippen MR) is 99.3 cm³/mol. The number of thioether (sulfide) groups is 1. The van der Waals surface area contributed by atoms with E-state index in [9.17, 15) is 5.11 Å². The quantitative estimate of drug-likeness (QED) is 0.393. The predicted octanol–water partition coefficient (Wildman–Crippen LogP) is 4.98. The van der Waals surface area contributed by atoms with Gasteiger partial charge in [0.2, 0.25) is 0 Å². The number of hydrogen-bond donors (Lipinski definition) is 1. The molecule has 0 saturated heterocycles. The van der Waals surface area contributed by atoms with Crippen molar-refractivity contribution in [2.75, 3.05) is 0 Å². The van der Waals surface area contributed by atoms with Gasteiger partial charge in [-0.15, -0.1) is 0 Å². The van der Waals surface area contributed by atoms with Crippen LogP contribution in [0.4, 0.5) is 0 Å². The van der Waals surface area contributed by atoms with E-state index in [2.05, 4.69) is 29.2 Å². The molecule has 6 heteroatoms. The SMILES string of the molecule is OC(CCn1ccnc1)Sc1ccc(Cl)cc1Cl.c1cc2ccc1=2. The number of hydrogen-bond acceptors (Lipinski definition) is 3. The van der Waals surface area contributed by atoms with Crippen LogP contribution in [0.3, 0.4) is 0 Å². The molecule has 1 unspecified atom stereocenters. The molecule has 0 saturated carbocycles. The van der Waals surface area contributed by atoms with Crippen LogP contribution in [0, 0.1) is 10.4 Å². The molecule has 3 nitrogen and oxygen atoms in total. The lowest BCUT2D eigenvalue weighted by Crippen LogP contribution is -2.06. The van der Waals surface area contributed by atoms with Gasteiger partial charge in [0.25, 0.3) is 0 Å². The fourth-order valence-corrected chi connectivity index (χ4v) is 3.49. The first-order valence-electron chi connectivity index (χ1n) is 7.48. The Morgan fingerprint density at radius 1 is 1.08 bits per heavy atom. The highest BCUT2D eigenvalue weighted by Crippen LogP contribution is 2.32. The van der Waals surface area contributed by atoms with Crippen molar-refractivity contribution >= 4 is 35.0 Å². The van der Waals surface area contributed by atoms with E-state index in [0.717, 1.165) is 11.4 Å². The summed E-state index contributed by atoms with van der Waals surface area (Å²) in [7, 11) is 0. The van der Waals surface area contributed by atoms with Crippen LogP contribution >= 0.6 is 35.0 Å². The standard InChI is InChI=1S/C12H12Cl2N2OS.C6H4/c13-9-1-2-11(10(14)7-9)18-12(17)3-5-16-6-4-15-8-16;1-2-6-4-3-5(1)6/h1-2,4,6-8,12,17H,3,5H2;1-4H. The summed E-state index contributed by atoms with van der Waals surface area (Å²) >= 11 is 13.2. The van der Waals surface area contributed by atoms with E-state index in [1.165, 1.54) is 22.2 Å². The van der Waals surface area contributed by atoms with Crippen molar-refractivity contribution in [1.29, 1.82) is 0 Å². The lowest BCUT2D eigenvalue weighted by Gasteiger charge is -2.11. The molecule has 124 valence electrons. The highest BCUT2D eigenvalue weighted by atomic mass is 35.5. The molecule has 2 aliphatic carbocycles. The second-order valence-corrected chi connectivity index (χ2v) is 7.38. The van der Waals surface area contributed by atoms with Crippen molar-refractivity contribution in [3.8, 4) is 0 Å². The van der Waals surface area contributed by atoms with Crippen LogP contribution in [0.2, 0.25) is 10.0 Å². The summed E-state index contributed by atoms with van der Waals surface area (Å²) < 4.78 is 1.92. The lowest BCUT2D eigenvalue weighted by atomic mass is 10.1. The van der Waals surface area contributed by atoms with E-state index in [1.807, 2.05) is 16.8 Å². The Morgan fingerprint density at radius 2 is 1.79 bits per heavy atom. The molecule has 2 aromatic rings. The molecule has 4 rings (SSSR count). The van der Waals surface area contributed by atoms with Crippen molar-refractivity contribution in [3.05, 3.63) is 81.7 Å². The van der Waals surface area contributed by atoms with Crippen LogP contribution in [0.1, 0.15) is 6.42 Å². The molecular weight excluding hydrogens is 363 g/mol. The van der Waals surface area contributed by atoms with E-state index in [4.69, 9.17) is 23.2 Å². The number of nitrogens with zero attached hydrogens (tertiary/aromatic N) is 2. The molecule has 0 spiro atoms. The van der Waals surface area contributed by atoms with Gasteiger partial charge < -0.3 is 9.67 Å². The monoisotopic (exact) mass is 378 g/mol. The Kier molecular flexibility index (Phi) is 5.85. The van der Waals surface area contributed by atoms with Crippen LogP contribution < -0.4 is 0 Å². The van der Waals surface area contributed by atoms with Crippen molar-refractivity contribution < 1.29 is 5.11 Å². The first kappa shape index (κ1) is 17.4. The van der Waals surface area contributed by atoms with E-state index < -0.39 is 5.44 Å². The summed E-state index contributed by atoms with van der Waals surface area (Å²) in [6, 6.07) is 13.7. The molecule has 1 aromatic heterocycles. The van der Waals surface area contributed by atoms with Crippen LogP contribution in [0.5, 0.6) is 0 Å². The van der Waals surface area contributed by atoms with Gasteiger partial charge in [0.1, 0.15) is 5.44 Å². The zero-order valence-corrected chi connectivity index (χ0v) is 15.1. The van der Waals surface area contributed by atoms with E-state index in [-0.39, 0.29) is 0 Å². The Balaban J connectivity index is 0.000000231. The average Bonchev–Trinajstić information content (AvgIpc) is 3.06. The third-order valence-electron chi connectivity index (χ3n) is 3.57. The second-order valence-electron chi connectivity index (χ2n) is 5.31. The third kappa shape index (κ3) is 4.54. The minimum Gasteiger partial charge on any atom is -0.382 e. The smallest absolute Gasteiger partial charge is 0.106 e. The molecule has 0 amide bonds. The molecule has 0 radical (unpaired) electrons. The topological polar surface area (TPSA) is 38.0 Å². The molecule has 0 aliphatic heterocycles. The van der Waals surface area contributed by atoms with E-state index >= 15 is 0 Å². The zero-order chi connectivity index (χ0) is 16.9. The fourth-order valence-electron chi connectivity index (χ4n) is 2.12. The van der Waals surface area contributed by atoms with E-state index in [0.29, 0.717) is 16.5 Å². The summed E-state index contributed by atoms with van der Waals surface area (Å²) in [6.07, 6.45) is 5.94. The number of aryl methyl sites for hydroxylation is 1. The molecule has 24 heavy (non-hydrogen) atoms. The summed E-state index contributed by atoms with van der Waals surface area (Å²) in [4.78, 5) is 4.78. The summed E-state index contributed by atoms with van der Waals surface area (Å²) in [5.74, 6) is 0. The third-order valence-corrected chi connectivity index (χ3v) is 5.35. The molecule has 2 aliphatic rings. The van der Waals surface area contributed by atoms with Gasteiger partial charge in [-0.3, -0.25) is 0 Å². The van der Waals surface area contributed by atoms with Crippen molar-refractivity contribution in [3.63, 3.8) is 0 Å². The summed E-state index contributed by atoms with van der Waals surface area (Å²) in [6.45, 7) is 0.722. The van der Waals surface area contributed by atoms with E-state index in [1.54, 1.807) is 24.7 Å². The maximum atomic E-state index is 9.93. The van der Waals surface area contributed by atoms with Crippen molar-refractivity contribution in [1.82, 2.24) is 9.55 Å². The number of aliphatic hydroxyl groups is 1. The number of aromatic nitrogens is 2. The van der Waals surface area contributed by atoms with Crippen LogP contribution in [0.15, 0.2) is 66.1 Å². The first-order valence-corrected chi connectivity index (χ1v) is 9.11. The number of halogens is 2. The molecule has 1 aromatic carbocycles. The minimum absolute atomic E-state index is 0.508. The van der Waals surface area contributed by atoms with Crippen LogP contribution in [-0.2, 0) is 6.54 Å². The number of benzene rings is 2. The molecular formula is C18H16Cl2N2OS. The van der Waals surface area contributed by atoms with Crippen molar-refractivity contribution in [2.45, 2.75) is 23.3 Å². The Hall–Kier alpha value is -1.46. The number of imidazole rings is 1. The number of aliphatic hydroxyl groups excluding tert-OH is 1. The van der Waals surface area contributed by atoms with Crippen LogP contribution in [0.25, 0.3) is 0 Å². The second kappa shape index (κ2) is 8.08. The Labute approximate surface area is 154 Å². The van der Waals surface area contributed by atoms with Gasteiger partial charge in [-0.05, 0) is 28.6 Å². The molecule has 1 heterocycles. The fraction of sp³-hybridized carbons (Fsp3) is 0.167. The van der Waals surface area contributed by atoms with Crippen LogP contribution in [-0.4, -0.2) is 20.1 Å². The largest absolute Gasteiger partial charge is 0.382 e. The minimum atomic E-state index is -0.508. The first-order chi connectivity index (χ1) is 11.6. The molecule has 1 atom stereocenters. The Morgan fingerprint density at radius 3 is 2.29 bits per heavy atom. The molecule has 0 bridgehead atoms. The average molecular weight is 379 g/mol. The van der Waals surface area contributed by atoms with Gasteiger partial charge in [0.15, 0.2) is 0 Å². The summed E-state index contributed by atoms with van der Waals surface area (Å²) in [5, 5.41) is 13.9. The molecule has 0 fully saturated rings. The summed E-state index contributed by atoms with van der Waals surface area (Å²) in [5.41, 5.74) is -0.508. The molecule has 1 N–H and O–H groups in total. The number of rotatable bonds is 5. The maximum absolute atomic E-state index is 9.93.